The molecule has 3 aromatic carbocycles. The third kappa shape index (κ3) is 5.45. The molecule has 0 fully saturated rings. The van der Waals surface area contributed by atoms with Gasteiger partial charge >= 0.3 is 17.9 Å². The van der Waals surface area contributed by atoms with Gasteiger partial charge in [-0.25, -0.2) is 0 Å². The van der Waals surface area contributed by atoms with E-state index in [1.807, 2.05) is 0 Å². The molecule has 2 aliphatic carbocycles. The summed E-state index contributed by atoms with van der Waals surface area (Å²) in [6.07, 6.45) is 0.158. The van der Waals surface area contributed by atoms with Crippen LogP contribution in [-0.2, 0) is 25.5 Å². The van der Waals surface area contributed by atoms with Gasteiger partial charge in [0.25, 0.3) is 0 Å². The first kappa shape index (κ1) is 33.9. The van der Waals surface area contributed by atoms with E-state index in [1.165, 1.54) is 39.4 Å². The van der Waals surface area contributed by atoms with Gasteiger partial charge in [-0.3, -0.25) is 33.6 Å². The fourth-order valence-corrected chi connectivity index (χ4v) is 6.78. The van der Waals surface area contributed by atoms with Crippen LogP contribution in [0.2, 0.25) is 0 Å². The normalized spacial score (nSPS) is 16.9. The number of Topliss-reactive ketones (excluding diaryl/α,β-unsaturated/α-hetero) is 2. The molecule has 0 saturated carbocycles. The summed E-state index contributed by atoms with van der Waals surface area (Å²) in [5.41, 5.74) is -0.228. The number of methoxy groups -OCH3 is 2. The van der Waals surface area contributed by atoms with Crippen LogP contribution in [0.3, 0.4) is 0 Å². The lowest BCUT2D eigenvalue weighted by atomic mass is 9.74. The second-order valence-corrected chi connectivity index (χ2v) is 12.1. The summed E-state index contributed by atoms with van der Waals surface area (Å²) in [4.78, 5) is 93.5. The number of ketones is 3. The monoisotopic (exact) mass is 682 g/mol. The Hall–Kier alpha value is -5.95. The van der Waals surface area contributed by atoms with Gasteiger partial charge in [-0.2, -0.15) is 0 Å². The quantitative estimate of drug-likeness (QED) is 0.198. The van der Waals surface area contributed by atoms with Crippen molar-refractivity contribution in [2.24, 2.45) is 0 Å². The first-order chi connectivity index (χ1) is 23.7. The molecule has 256 valence electrons. The van der Waals surface area contributed by atoms with E-state index in [0.717, 1.165) is 32.4 Å². The molecule has 0 radical (unpaired) electrons. The minimum Gasteiger partial charge on any atom is -0.496 e. The zero-order valence-corrected chi connectivity index (χ0v) is 28.1. The molecule has 6 rings (SSSR count). The van der Waals surface area contributed by atoms with Crippen LogP contribution < -0.4 is 24.4 Å². The Balaban J connectivity index is 1.76. The van der Waals surface area contributed by atoms with Crippen molar-refractivity contribution in [1.82, 2.24) is 0 Å². The van der Waals surface area contributed by atoms with Gasteiger partial charge in [0.2, 0.25) is 0 Å². The van der Waals surface area contributed by atoms with Gasteiger partial charge < -0.3 is 28.1 Å². The van der Waals surface area contributed by atoms with Crippen LogP contribution in [0.15, 0.2) is 45.1 Å². The van der Waals surface area contributed by atoms with Crippen molar-refractivity contribution >= 4 is 57.0 Å². The summed E-state index contributed by atoms with van der Waals surface area (Å²) in [5, 5.41) is 0.0431. The molecular formula is C37H30O13. The number of carbonyl (C=O) groups is 6. The van der Waals surface area contributed by atoms with Gasteiger partial charge in [-0.05, 0) is 55.5 Å². The van der Waals surface area contributed by atoms with E-state index < -0.39 is 64.0 Å². The molecule has 0 bridgehead atoms. The molecule has 2 aliphatic rings. The Morgan fingerprint density at radius 1 is 0.760 bits per heavy atom. The van der Waals surface area contributed by atoms with Gasteiger partial charge in [0.05, 0.1) is 35.1 Å². The maximum absolute atomic E-state index is 14.9. The smallest absolute Gasteiger partial charge is 0.308 e. The summed E-state index contributed by atoms with van der Waals surface area (Å²) in [5.74, 6) is -7.17. The number of hydrogen-bond acceptors (Lipinski definition) is 13. The second-order valence-electron chi connectivity index (χ2n) is 12.1. The second kappa shape index (κ2) is 12.5. The number of rotatable bonds is 6. The number of fused-ring (bicyclic) bond motifs is 4. The largest absolute Gasteiger partial charge is 0.496 e. The molecule has 0 N–H and O–H groups in total. The van der Waals surface area contributed by atoms with Gasteiger partial charge in [-0.1, -0.05) is 5.57 Å². The Morgan fingerprint density at radius 3 is 1.98 bits per heavy atom. The van der Waals surface area contributed by atoms with Gasteiger partial charge in [0.1, 0.15) is 34.3 Å². The lowest BCUT2D eigenvalue weighted by Crippen LogP contribution is -2.41. The first-order valence-corrected chi connectivity index (χ1v) is 15.4. The van der Waals surface area contributed by atoms with E-state index in [9.17, 15) is 33.6 Å². The van der Waals surface area contributed by atoms with Crippen molar-refractivity contribution < 1.29 is 56.9 Å². The summed E-state index contributed by atoms with van der Waals surface area (Å²) >= 11 is 0. The highest BCUT2D eigenvalue weighted by Gasteiger charge is 2.48. The average molecular weight is 683 g/mol. The lowest BCUT2D eigenvalue weighted by molar-refractivity contribution is -0.132. The predicted octanol–water partition coefficient (Wildman–Crippen LogP) is 4.90. The number of aryl methyl sites for hydroxylation is 1. The van der Waals surface area contributed by atoms with E-state index in [-0.39, 0.29) is 56.1 Å². The van der Waals surface area contributed by atoms with Crippen LogP contribution in [0.25, 0.3) is 21.7 Å². The van der Waals surface area contributed by atoms with Gasteiger partial charge in [0.15, 0.2) is 34.3 Å². The van der Waals surface area contributed by atoms with Crippen molar-refractivity contribution in [2.45, 2.75) is 53.1 Å². The van der Waals surface area contributed by atoms with Crippen molar-refractivity contribution in [1.29, 1.82) is 0 Å². The number of ether oxygens (including phenoxy) is 5. The Kier molecular flexibility index (Phi) is 8.48. The van der Waals surface area contributed by atoms with Crippen molar-refractivity contribution in [3.8, 4) is 23.0 Å². The highest BCUT2D eigenvalue weighted by Crippen LogP contribution is 2.52. The molecule has 13 nitrogen and oxygen atoms in total. The van der Waals surface area contributed by atoms with E-state index in [0.29, 0.717) is 17.4 Å². The average Bonchev–Trinajstić information content (AvgIpc) is 3.00. The van der Waals surface area contributed by atoms with Crippen LogP contribution in [0.1, 0.15) is 81.6 Å². The summed E-state index contributed by atoms with van der Waals surface area (Å²) in [6.45, 7) is 6.58. The molecule has 2 unspecified atom stereocenters. The maximum Gasteiger partial charge on any atom is 0.308 e. The fourth-order valence-electron chi connectivity index (χ4n) is 6.78. The molecule has 0 saturated heterocycles. The van der Waals surface area contributed by atoms with Gasteiger partial charge in [-0.15, -0.1) is 0 Å². The van der Waals surface area contributed by atoms with E-state index in [1.54, 1.807) is 13.0 Å². The SMILES string of the molecule is COc1cc2cc3c(c(OC(C)=O)c2c(OC(C)=O)c1C1C(=O)c2c(cc4oc(C)cc(=O)c4c2OC(C)=O)C(=O)C1OC)C(=O)C=C(C)C3. The topological polar surface area (TPSA) is 179 Å². The molecule has 4 aromatic rings. The zero-order valence-electron chi connectivity index (χ0n) is 28.1. The van der Waals surface area contributed by atoms with Crippen molar-refractivity contribution in [2.75, 3.05) is 14.2 Å². The van der Waals surface area contributed by atoms with Crippen LogP contribution in [0.5, 0.6) is 23.0 Å². The minimum absolute atomic E-state index is 0.0259. The molecule has 0 aliphatic heterocycles. The molecule has 50 heavy (non-hydrogen) atoms. The van der Waals surface area contributed by atoms with E-state index >= 15 is 0 Å². The molecule has 0 spiro atoms. The summed E-state index contributed by atoms with van der Waals surface area (Å²) in [7, 11) is 2.49. The lowest BCUT2D eigenvalue weighted by Gasteiger charge is -2.33. The Bertz CT molecular complexity index is 2340. The van der Waals surface area contributed by atoms with Crippen LogP contribution in [-0.4, -0.2) is 55.6 Å². The van der Waals surface area contributed by atoms with Crippen LogP contribution in [0.4, 0.5) is 0 Å². The maximum atomic E-state index is 14.9. The van der Waals surface area contributed by atoms with Gasteiger partial charge in [0, 0.05) is 39.5 Å². The molecule has 2 atom stereocenters. The highest BCUT2D eigenvalue weighted by molar-refractivity contribution is 6.24. The van der Waals surface area contributed by atoms with Crippen LogP contribution in [0, 0.1) is 6.92 Å². The Labute approximate surface area is 283 Å². The molecule has 13 heteroatoms. The number of allylic oxidation sites excluding steroid dienone is 2. The standard InChI is InChI=1S/C37H30O13/c1-14-8-19-11-20-12-24(45-6)30(35(49-17(4)39)27(20)34(48-16(3)38)26(19)22(41)9-14)31-33(44)28-21(32(43)37(31)46-7)13-25-29(36(28)50-18(5)40)23(42)10-15(2)47-25/h9-13,31,37H,8H2,1-7H3. The van der Waals surface area contributed by atoms with E-state index in [4.69, 9.17) is 28.1 Å². The number of benzene rings is 3. The van der Waals surface area contributed by atoms with Crippen LogP contribution >= 0.6 is 0 Å². The van der Waals surface area contributed by atoms with E-state index in [2.05, 4.69) is 0 Å². The van der Waals surface area contributed by atoms with Crippen molar-refractivity contribution in [3.63, 3.8) is 0 Å². The fraction of sp³-hybridized carbons (Fsp3) is 0.270. The predicted molar refractivity (Wildman–Crippen MR) is 176 cm³/mol. The highest BCUT2D eigenvalue weighted by atomic mass is 16.6. The third-order valence-electron chi connectivity index (χ3n) is 8.49. The Morgan fingerprint density at radius 2 is 1.38 bits per heavy atom. The molecule has 1 aromatic heterocycles. The summed E-state index contributed by atoms with van der Waals surface area (Å²) in [6, 6.07) is 5.51. The third-order valence-corrected chi connectivity index (χ3v) is 8.49. The zero-order chi connectivity index (χ0) is 36.3. The molecular weight excluding hydrogens is 652 g/mol. The molecule has 0 amide bonds. The number of hydrogen-bond donors (Lipinski definition) is 0. The van der Waals surface area contributed by atoms with Crippen molar-refractivity contribution in [3.05, 3.63) is 79.7 Å². The number of esters is 3. The minimum atomic E-state index is -1.66. The first-order valence-electron chi connectivity index (χ1n) is 15.4. The number of carbonyl (C=O) groups excluding carboxylic acids is 6. The summed E-state index contributed by atoms with van der Waals surface area (Å²) < 4.78 is 34.0. The molecule has 1 heterocycles.